The SMILES string of the molecule is COc1cccc(C(=O)N(C)CC(C)Br)c1. The van der Waals surface area contributed by atoms with Crippen molar-refractivity contribution in [3.63, 3.8) is 0 Å². The van der Waals surface area contributed by atoms with Gasteiger partial charge in [0, 0.05) is 24.0 Å². The second kappa shape index (κ2) is 5.89. The van der Waals surface area contributed by atoms with E-state index >= 15 is 0 Å². The van der Waals surface area contributed by atoms with E-state index in [-0.39, 0.29) is 10.7 Å². The molecule has 0 saturated carbocycles. The predicted octanol–water partition coefficient (Wildman–Crippen LogP) is 2.55. The van der Waals surface area contributed by atoms with Gasteiger partial charge >= 0.3 is 0 Å². The van der Waals surface area contributed by atoms with Gasteiger partial charge in [0.2, 0.25) is 0 Å². The number of hydrogen-bond acceptors (Lipinski definition) is 2. The van der Waals surface area contributed by atoms with E-state index in [1.54, 1.807) is 31.2 Å². The van der Waals surface area contributed by atoms with Crippen molar-refractivity contribution < 1.29 is 9.53 Å². The lowest BCUT2D eigenvalue weighted by atomic mass is 10.2. The highest BCUT2D eigenvalue weighted by Gasteiger charge is 2.13. The van der Waals surface area contributed by atoms with Crippen LogP contribution in [0.15, 0.2) is 24.3 Å². The molecule has 0 radical (unpaired) electrons. The van der Waals surface area contributed by atoms with Crippen molar-refractivity contribution in [3.05, 3.63) is 29.8 Å². The van der Waals surface area contributed by atoms with Gasteiger partial charge in [0.1, 0.15) is 5.75 Å². The van der Waals surface area contributed by atoms with Crippen LogP contribution < -0.4 is 4.74 Å². The molecule has 0 saturated heterocycles. The molecule has 0 N–H and O–H groups in total. The van der Waals surface area contributed by atoms with Crippen molar-refractivity contribution in [2.75, 3.05) is 20.7 Å². The first-order valence-electron chi connectivity index (χ1n) is 5.08. The van der Waals surface area contributed by atoms with E-state index in [9.17, 15) is 4.79 Å². The molecule has 1 atom stereocenters. The van der Waals surface area contributed by atoms with Crippen LogP contribution in [0.5, 0.6) is 5.75 Å². The van der Waals surface area contributed by atoms with Gasteiger partial charge in [-0.2, -0.15) is 0 Å². The van der Waals surface area contributed by atoms with Gasteiger partial charge in [-0.1, -0.05) is 28.9 Å². The zero-order valence-corrected chi connectivity index (χ0v) is 11.3. The van der Waals surface area contributed by atoms with Crippen molar-refractivity contribution in [2.24, 2.45) is 0 Å². The Kier molecular flexibility index (Phi) is 4.80. The summed E-state index contributed by atoms with van der Waals surface area (Å²) in [5, 5.41) is 0. The minimum Gasteiger partial charge on any atom is -0.497 e. The zero-order chi connectivity index (χ0) is 12.1. The lowest BCUT2D eigenvalue weighted by Crippen LogP contribution is -2.31. The van der Waals surface area contributed by atoms with Crippen LogP contribution >= 0.6 is 15.9 Å². The van der Waals surface area contributed by atoms with Gasteiger partial charge in [-0.3, -0.25) is 4.79 Å². The molecular formula is C12H16BrNO2. The summed E-state index contributed by atoms with van der Waals surface area (Å²) in [6, 6.07) is 7.18. The van der Waals surface area contributed by atoms with Gasteiger partial charge in [0.25, 0.3) is 5.91 Å². The van der Waals surface area contributed by atoms with E-state index in [0.717, 1.165) is 0 Å². The highest BCUT2D eigenvalue weighted by molar-refractivity contribution is 9.09. The van der Waals surface area contributed by atoms with Crippen LogP contribution in [0, 0.1) is 0 Å². The number of carbonyl (C=O) groups is 1. The minimum absolute atomic E-state index is 0.00481. The highest BCUT2D eigenvalue weighted by Crippen LogP contribution is 2.14. The topological polar surface area (TPSA) is 29.5 Å². The molecule has 0 fully saturated rings. The average molecular weight is 286 g/mol. The van der Waals surface area contributed by atoms with Gasteiger partial charge in [-0.25, -0.2) is 0 Å². The Morgan fingerprint density at radius 1 is 1.56 bits per heavy atom. The normalized spacial score (nSPS) is 12.0. The molecule has 0 heterocycles. The number of halogens is 1. The van der Waals surface area contributed by atoms with E-state index in [1.165, 1.54) is 0 Å². The maximum atomic E-state index is 12.0. The van der Waals surface area contributed by atoms with Crippen molar-refractivity contribution in [1.82, 2.24) is 4.90 Å². The number of hydrogen-bond donors (Lipinski definition) is 0. The number of ether oxygens (including phenoxy) is 1. The van der Waals surface area contributed by atoms with E-state index in [1.807, 2.05) is 19.1 Å². The van der Waals surface area contributed by atoms with Gasteiger partial charge < -0.3 is 9.64 Å². The molecule has 0 aliphatic heterocycles. The van der Waals surface area contributed by atoms with Crippen molar-refractivity contribution in [1.29, 1.82) is 0 Å². The van der Waals surface area contributed by atoms with E-state index < -0.39 is 0 Å². The second-order valence-electron chi connectivity index (χ2n) is 3.70. The Bertz CT molecular complexity index is 366. The van der Waals surface area contributed by atoms with Gasteiger partial charge in [-0.05, 0) is 18.2 Å². The van der Waals surface area contributed by atoms with E-state index in [4.69, 9.17) is 4.74 Å². The third kappa shape index (κ3) is 3.52. The van der Waals surface area contributed by atoms with Crippen LogP contribution in [0.1, 0.15) is 17.3 Å². The molecule has 16 heavy (non-hydrogen) atoms. The Hall–Kier alpha value is -1.03. The third-order valence-electron chi connectivity index (χ3n) is 2.19. The minimum atomic E-state index is 0.00481. The number of rotatable bonds is 4. The molecule has 3 nitrogen and oxygen atoms in total. The molecule has 1 amide bonds. The monoisotopic (exact) mass is 285 g/mol. The van der Waals surface area contributed by atoms with Gasteiger partial charge in [0.05, 0.1) is 7.11 Å². The number of carbonyl (C=O) groups excluding carboxylic acids is 1. The van der Waals surface area contributed by atoms with E-state index in [2.05, 4.69) is 15.9 Å². The predicted molar refractivity (Wildman–Crippen MR) is 68.3 cm³/mol. The number of nitrogens with zero attached hydrogens (tertiary/aromatic N) is 1. The molecule has 0 aliphatic carbocycles. The molecular weight excluding hydrogens is 270 g/mol. The standard InChI is InChI=1S/C12H16BrNO2/c1-9(13)8-14(2)12(15)10-5-4-6-11(7-10)16-3/h4-7,9H,8H2,1-3H3. The van der Waals surface area contributed by atoms with Crippen LogP contribution in [-0.4, -0.2) is 36.3 Å². The molecule has 88 valence electrons. The Morgan fingerprint density at radius 2 is 2.25 bits per heavy atom. The summed E-state index contributed by atoms with van der Waals surface area (Å²) < 4.78 is 5.09. The van der Waals surface area contributed by atoms with Gasteiger partial charge in [-0.15, -0.1) is 0 Å². The smallest absolute Gasteiger partial charge is 0.253 e. The molecule has 0 aromatic heterocycles. The molecule has 1 unspecified atom stereocenters. The van der Waals surface area contributed by atoms with Gasteiger partial charge in [0.15, 0.2) is 0 Å². The Morgan fingerprint density at radius 3 is 2.81 bits per heavy atom. The lowest BCUT2D eigenvalue weighted by Gasteiger charge is -2.18. The maximum absolute atomic E-state index is 12.0. The molecule has 1 aromatic rings. The molecule has 1 rings (SSSR count). The van der Waals surface area contributed by atoms with Crippen molar-refractivity contribution in [3.8, 4) is 5.75 Å². The first-order valence-corrected chi connectivity index (χ1v) is 5.99. The quantitative estimate of drug-likeness (QED) is 0.796. The number of methoxy groups -OCH3 is 1. The summed E-state index contributed by atoms with van der Waals surface area (Å²) in [5.74, 6) is 0.705. The third-order valence-corrected chi connectivity index (χ3v) is 2.48. The van der Waals surface area contributed by atoms with E-state index in [0.29, 0.717) is 17.9 Å². The fourth-order valence-corrected chi connectivity index (χ4v) is 1.87. The largest absolute Gasteiger partial charge is 0.497 e. The summed E-state index contributed by atoms with van der Waals surface area (Å²) in [5.41, 5.74) is 0.648. The lowest BCUT2D eigenvalue weighted by molar-refractivity contribution is 0.0797. The first kappa shape index (κ1) is 13.0. The van der Waals surface area contributed by atoms with Crippen LogP contribution in [0.25, 0.3) is 0 Å². The number of benzene rings is 1. The summed E-state index contributed by atoms with van der Waals surface area (Å²) in [7, 11) is 3.38. The zero-order valence-electron chi connectivity index (χ0n) is 9.74. The summed E-state index contributed by atoms with van der Waals surface area (Å²) in [6.07, 6.45) is 0. The second-order valence-corrected chi connectivity index (χ2v) is 5.26. The average Bonchev–Trinajstić information content (AvgIpc) is 2.27. The van der Waals surface area contributed by atoms with Crippen LogP contribution in [-0.2, 0) is 0 Å². The van der Waals surface area contributed by atoms with Crippen LogP contribution in [0.4, 0.5) is 0 Å². The fraction of sp³-hybridized carbons (Fsp3) is 0.417. The molecule has 0 spiro atoms. The van der Waals surface area contributed by atoms with Crippen LogP contribution in [0.3, 0.4) is 0 Å². The Labute approximate surface area is 105 Å². The molecule has 1 aromatic carbocycles. The Balaban J connectivity index is 2.79. The number of amides is 1. The highest BCUT2D eigenvalue weighted by atomic mass is 79.9. The molecule has 0 aliphatic rings. The summed E-state index contributed by atoms with van der Waals surface area (Å²) >= 11 is 3.43. The summed E-state index contributed by atoms with van der Waals surface area (Å²) in [4.78, 5) is 14.0. The fourth-order valence-electron chi connectivity index (χ4n) is 1.44. The number of alkyl halides is 1. The maximum Gasteiger partial charge on any atom is 0.253 e. The first-order chi connectivity index (χ1) is 7.54. The van der Waals surface area contributed by atoms with Crippen molar-refractivity contribution >= 4 is 21.8 Å². The molecule has 0 bridgehead atoms. The van der Waals surface area contributed by atoms with Crippen LogP contribution in [0.2, 0.25) is 0 Å². The molecule has 4 heteroatoms. The summed E-state index contributed by atoms with van der Waals surface area (Å²) in [6.45, 7) is 2.69. The van der Waals surface area contributed by atoms with Crippen molar-refractivity contribution in [2.45, 2.75) is 11.8 Å².